The molecule has 112 valence electrons. The standard InChI is InChI=1S/C12H20F3NO3/c13-12(14,15)10-4-2-1-3-9(10)11(19)16(5-7-17)6-8-18/h9-10,17-18H,1-8H2. The first-order valence-corrected chi connectivity index (χ1v) is 6.49. The third kappa shape index (κ3) is 4.35. The van der Waals surface area contributed by atoms with Gasteiger partial charge in [-0.3, -0.25) is 4.79 Å². The SMILES string of the molecule is O=C(C1CCCCC1C(F)(F)F)N(CCO)CCO. The predicted octanol–water partition coefficient (Wildman–Crippen LogP) is 1.17. The third-order valence-electron chi connectivity index (χ3n) is 3.56. The first-order valence-electron chi connectivity index (χ1n) is 6.49. The first kappa shape index (κ1) is 16.2. The van der Waals surface area contributed by atoms with E-state index in [1.54, 1.807) is 0 Å². The Balaban J connectivity index is 2.80. The van der Waals surface area contributed by atoms with E-state index in [1.807, 2.05) is 0 Å². The van der Waals surface area contributed by atoms with E-state index in [-0.39, 0.29) is 39.1 Å². The fourth-order valence-electron chi connectivity index (χ4n) is 2.63. The highest BCUT2D eigenvalue weighted by atomic mass is 19.4. The fraction of sp³-hybridized carbons (Fsp3) is 0.917. The van der Waals surface area contributed by atoms with E-state index in [1.165, 1.54) is 0 Å². The van der Waals surface area contributed by atoms with E-state index < -0.39 is 23.9 Å². The molecule has 0 bridgehead atoms. The highest BCUT2D eigenvalue weighted by Crippen LogP contribution is 2.42. The number of nitrogens with zero attached hydrogens (tertiary/aromatic N) is 1. The average molecular weight is 283 g/mol. The fourth-order valence-corrected chi connectivity index (χ4v) is 2.63. The van der Waals surface area contributed by atoms with Crippen molar-refractivity contribution in [3.05, 3.63) is 0 Å². The van der Waals surface area contributed by atoms with Crippen molar-refractivity contribution in [2.45, 2.75) is 31.9 Å². The van der Waals surface area contributed by atoms with Crippen LogP contribution in [0.4, 0.5) is 13.2 Å². The summed E-state index contributed by atoms with van der Waals surface area (Å²) in [7, 11) is 0. The van der Waals surface area contributed by atoms with Crippen LogP contribution in [0.1, 0.15) is 25.7 Å². The van der Waals surface area contributed by atoms with E-state index in [0.717, 1.165) is 4.90 Å². The Morgan fingerprint density at radius 3 is 2.11 bits per heavy atom. The number of hydrogen-bond donors (Lipinski definition) is 2. The summed E-state index contributed by atoms with van der Waals surface area (Å²) in [6.45, 7) is -0.731. The summed E-state index contributed by atoms with van der Waals surface area (Å²) < 4.78 is 38.8. The van der Waals surface area contributed by atoms with Gasteiger partial charge in [0.15, 0.2) is 0 Å². The van der Waals surface area contributed by atoms with Crippen molar-refractivity contribution in [2.24, 2.45) is 11.8 Å². The van der Waals surface area contributed by atoms with Gasteiger partial charge in [-0.15, -0.1) is 0 Å². The number of aliphatic hydroxyl groups is 2. The summed E-state index contributed by atoms with van der Waals surface area (Å²) >= 11 is 0. The molecule has 0 aliphatic heterocycles. The van der Waals surface area contributed by atoms with Crippen molar-refractivity contribution in [1.82, 2.24) is 4.90 Å². The smallest absolute Gasteiger partial charge is 0.392 e. The predicted molar refractivity (Wildman–Crippen MR) is 62.3 cm³/mol. The Labute approximate surface area is 110 Å². The molecule has 2 atom stereocenters. The number of carbonyl (C=O) groups excluding carboxylic acids is 1. The second-order valence-corrected chi connectivity index (χ2v) is 4.81. The molecule has 1 fully saturated rings. The molecule has 1 saturated carbocycles. The van der Waals surface area contributed by atoms with Gasteiger partial charge >= 0.3 is 6.18 Å². The van der Waals surface area contributed by atoms with Crippen molar-refractivity contribution in [3.63, 3.8) is 0 Å². The van der Waals surface area contributed by atoms with Crippen molar-refractivity contribution < 1.29 is 28.2 Å². The maximum absolute atomic E-state index is 12.9. The van der Waals surface area contributed by atoms with Gasteiger partial charge in [0, 0.05) is 19.0 Å². The van der Waals surface area contributed by atoms with Crippen LogP contribution in [-0.2, 0) is 4.79 Å². The minimum atomic E-state index is -4.37. The van der Waals surface area contributed by atoms with Gasteiger partial charge in [0.05, 0.1) is 19.1 Å². The van der Waals surface area contributed by atoms with Crippen molar-refractivity contribution >= 4 is 5.91 Å². The van der Waals surface area contributed by atoms with Crippen molar-refractivity contribution in [2.75, 3.05) is 26.3 Å². The number of aliphatic hydroxyl groups excluding tert-OH is 2. The quantitative estimate of drug-likeness (QED) is 0.796. The lowest BCUT2D eigenvalue weighted by Gasteiger charge is -2.35. The molecule has 2 N–H and O–H groups in total. The number of rotatable bonds is 5. The van der Waals surface area contributed by atoms with Gasteiger partial charge < -0.3 is 15.1 Å². The Morgan fingerprint density at radius 2 is 1.63 bits per heavy atom. The van der Waals surface area contributed by atoms with Gasteiger partial charge in [-0.2, -0.15) is 13.2 Å². The van der Waals surface area contributed by atoms with E-state index in [2.05, 4.69) is 0 Å². The Kier molecular flexibility index (Phi) is 6.06. The van der Waals surface area contributed by atoms with Gasteiger partial charge in [-0.1, -0.05) is 12.8 Å². The van der Waals surface area contributed by atoms with Crippen LogP contribution in [0.2, 0.25) is 0 Å². The van der Waals surface area contributed by atoms with Crippen LogP contribution in [0.5, 0.6) is 0 Å². The van der Waals surface area contributed by atoms with Gasteiger partial charge in [0.2, 0.25) is 5.91 Å². The van der Waals surface area contributed by atoms with E-state index >= 15 is 0 Å². The van der Waals surface area contributed by atoms with Crippen LogP contribution in [0.25, 0.3) is 0 Å². The maximum Gasteiger partial charge on any atom is 0.392 e. The Hall–Kier alpha value is -0.820. The maximum atomic E-state index is 12.9. The summed E-state index contributed by atoms with van der Waals surface area (Å²) in [5.41, 5.74) is 0. The van der Waals surface area contributed by atoms with Gasteiger partial charge in [0.1, 0.15) is 0 Å². The van der Waals surface area contributed by atoms with Crippen LogP contribution in [0, 0.1) is 11.8 Å². The summed E-state index contributed by atoms with van der Waals surface area (Å²) in [6, 6.07) is 0. The zero-order chi connectivity index (χ0) is 14.5. The molecule has 0 saturated heterocycles. The van der Waals surface area contributed by atoms with Gasteiger partial charge in [0.25, 0.3) is 0 Å². The molecule has 4 nitrogen and oxygen atoms in total. The Morgan fingerprint density at radius 1 is 1.11 bits per heavy atom. The largest absolute Gasteiger partial charge is 0.395 e. The molecule has 1 aliphatic carbocycles. The molecule has 2 unspecified atom stereocenters. The first-order chi connectivity index (χ1) is 8.91. The lowest BCUT2D eigenvalue weighted by molar-refractivity contribution is -0.201. The number of hydrogen-bond acceptors (Lipinski definition) is 3. The van der Waals surface area contributed by atoms with Crippen LogP contribution < -0.4 is 0 Å². The molecular formula is C12H20F3NO3. The lowest BCUT2D eigenvalue weighted by Crippen LogP contribution is -2.46. The van der Waals surface area contributed by atoms with E-state index in [4.69, 9.17) is 10.2 Å². The molecule has 1 amide bonds. The lowest BCUT2D eigenvalue weighted by atomic mass is 9.78. The molecule has 0 radical (unpaired) electrons. The third-order valence-corrected chi connectivity index (χ3v) is 3.56. The van der Waals surface area contributed by atoms with E-state index in [9.17, 15) is 18.0 Å². The summed E-state index contributed by atoms with van der Waals surface area (Å²) in [6.07, 6.45) is -3.09. The van der Waals surface area contributed by atoms with Crippen LogP contribution in [-0.4, -0.2) is 53.5 Å². The minimum absolute atomic E-state index is 0.0218. The number of amides is 1. The van der Waals surface area contributed by atoms with Crippen LogP contribution in [0.15, 0.2) is 0 Å². The molecule has 0 aromatic carbocycles. The van der Waals surface area contributed by atoms with Crippen molar-refractivity contribution in [3.8, 4) is 0 Å². The average Bonchev–Trinajstić information content (AvgIpc) is 2.37. The summed E-state index contributed by atoms with van der Waals surface area (Å²) in [5, 5.41) is 17.7. The van der Waals surface area contributed by atoms with Crippen LogP contribution >= 0.6 is 0 Å². The molecule has 7 heteroatoms. The molecular weight excluding hydrogens is 263 g/mol. The van der Waals surface area contributed by atoms with E-state index in [0.29, 0.717) is 12.8 Å². The molecule has 1 aliphatic rings. The molecule has 0 aromatic heterocycles. The Bertz CT molecular complexity index is 290. The minimum Gasteiger partial charge on any atom is -0.395 e. The van der Waals surface area contributed by atoms with Gasteiger partial charge in [-0.25, -0.2) is 0 Å². The summed E-state index contributed by atoms with van der Waals surface area (Å²) in [4.78, 5) is 13.3. The number of alkyl halides is 3. The second kappa shape index (κ2) is 7.09. The molecule has 1 rings (SSSR count). The molecule has 19 heavy (non-hydrogen) atoms. The second-order valence-electron chi connectivity index (χ2n) is 4.81. The summed E-state index contributed by atoms with van der Waals surface area (Å²) in [5.74, 6) is -3.29. The van der Waals surface area contributed by atoms with Crippen LogP contribution in [0.3, 0.4) is 0 Å². The number of halogens is 3. The van der Waals surface area contributed by atoms with Gasteiger partial charge in [-0.05, 0) is 12.8 Å². The monoisotopic (exact) mass is 283 g/mol. The normalized spacial score (nSPS) is 24.3. The van der Waals surface area contributed by atoms with Crippen molar-refractivity contribution in [1.29, 1.82) is 0 Å². The zero-order valence-electron chi connectivity index (χ0n) is 10.7. The molecule has 0 heterocycles. The topological polar surface area (TPSA) is 60.8 Å². The highest BCUT2D eigenvalue weighted by molar-refractivity contribution is 5.79. The highest BCUT2D eigenvalue weighted by Gasteiger charge is 2.48. The number of carbonyl (C=O) groups is 1. The zero-order valence-corrected chi connectivity index (χ0v) is 10.7. The molecule has 0 spiro atoms. The molecule has 0 aromatic rings.